The summed E-state index contributed by atoms with van der Waals surface area (Å²) in [5, 5.41) is 0.344. The first kappa shape index (κ1) is 22.2. The summed E-state index contributed by atoms with van der Waals surface area (Å²) in [4.78, 5) is 44.2. The van der Waals surface area contributed by atoms with E-state index in [9.17, 15) is 9.59 Å². The average Bonchev–Trinajstić information content (AvgIpc) is 3.13. The Labute approximate surface area is 209 Å². The molecule has 0 bridgehead atoms. The van der Waals surface area contributed by atoms with Crippen LogP contribution >= 0.6 is 23.2 Å². The molecule has 1 atom stereocenters. The van der Waals surface area contributed by atoms with Crippen LogP contribution in [-0.2, 0) is 6.42 Å². The molecule has 11 heteroatoms. The molecule has 2 aliphatic rings. The molecule has 1 aromatic carbocycles. The number of anilines is 1. The van der Waals surface area contributed by atoms with E-state index in [0.29, 0.717) is 5.82 Å². The number of H-pyrrole nitrogens is 1. The minimum atomic E-state index is -0.669. The molecule has 4 heterocycles. The standard InChI is InChI=1S/C24H21Cl2N7O2/c25-14-4-1-5-16(18(14)26)33-22(34)19-21(31-23(33)35)30-17(12-29-19)32-9-6-24(7-10-32)11-15-13(20(24)27)3-2-8-28-15/h1-5,8,12,20H,6-7,9-11,27H2,(H,30,31,35)/t20-/m1/s1. The predicted molar refractivity (Wildman–Crippen MR) is 135 cm³/mol. The van der Waals surface area contributed by atoms with Gasteiger partial charge in [-0.1, -0.05) is 35.3 Å². The topological polar surface area (TPSA) is 123 Å². The van der Waals surface area contributed by atoms with Crippen LogP contribution in [0.25, 0.3) is 16.9 Å². The molecule has 0 radical (unpaired) electrons. The van der Waals surface area contributed by atoms with Gasteiger partial charge in [0.2, 0.25) is 0 Å². The van der Waals surface area contributed by atoms with E-state index >= 15 is 0 Å². The monoisotopic (exact) mass is 509 g/mol. The SMILES string of the molecule is N[C@@H]1c2cccnc2CC12CCN(c1cnc3c(=O)n(-c4cccc(Cl)c4Cl)c(=O)[nH]c3n1)CC2. The number of benzene rings is 1. The lowest BCUT2D eigenvalue weighted by atomic mass is 9.73. The molecule has 6 rings (SSSR count). The second-order valence-electron chi connectivity index (χ2n) is 9.11. The summed E-state index contributed by atoms with van der Waals surface area (Å²) in [6.07, 6.45) is 6.03. The molecule has 1 aliphatic carbocycles. The van der Waals surface area contributed by atoms with Gasteiger partial charge < -0.3 is 10.6 Å². The lowest BCUT2D eigenvalue weighted by Gasteiger charge is -2.42. The molecular weight excluding hydrogens is 489 g/mol. The summed E-state index contributed by atoms with van der Waals surface area (Å²) in [5.41, 5.74) is 7.92. The van der Waals surface area contributed by atoms with E-state index in [4.69, 9.17) is 28.9 Å². The van der Waals surface area contributed by atoms with Crippen LogP contribution in [0.3, 0.4) is 0 Å². The van der Waals surface area contributed by atoms with Crippen LogP contribution in [0.1, 0.15) is 30.1 Å². The number of rotatable bonds is 2. The molecule has 35 heavy (non-hydrogen) atoms. The second kappa shape index (κ2) is 8.15. The van der Waals surface area contributed by atoms with Crippen molar-refractivity contribution < 1.29 is 0 Å². The summed E-state index contributed by atoms with van der Waals surface area (Å²) in [5.74, 6) is 0.600. The molecule has 1 saturated heterocycles. The van der Waals surface area contributed by atoms with E-state index < -0.39 is 11.2 Å². The van der Waals surface area contributed by atoms with Gasteiger partial charge in [0, 0.05) is 31.0 Å². The van der Waals surface area contributed by atoms with E-state index in [0.717, 1.165) is 48.2 Å². The first-order chi connectivity index (χ1) is 16.9. The largest absolute Gasteiger partial charge is 0.355 e. The zero-order valence-corrected chi connectivity index (χ0v) is 20.1. The number of aromatic amines is 1. The normalized spacial score (nSPS) is 18.8. The van der Waals surface area contributed by atoms with E-state index in [1.807, 2.05) is 12.3 Å². The van der Waals surface area contributed by atoms with Crippen molar-refractivity contribution in [2.45, 2.75) is 25.3 Å². The minimum absolute atomic E-state index is 0.0181. The molecule has 1 fully saturated rings. The molecule has 178 valence electrons. The van der Waals surface area contributed by atoms with Gasteiger partial charge in [0.25, 0.3) is 5.56 Å². The Morgan fingerprint density at radius 2 is 1.89 bits per heavy atom. The van der Waals surface area contributed by atoms with Crippen molar-refractivity contribution in [3.8, 4) is 5.69 Å². The van der Waals surface area contributed by atoms with Gasteiger partial charge in [-0.25, -0.2) is 19.3 Å². The maximum Gasteiger partial charge on any atom is 0.334 e. The van der Waals surface area contributed by atoms with Crippen LogP contribution in [0.5, 0.6) is 0 Å². The molecule has 4 aromatic rings. The number of hydrogen-bond acceptors (Lipinski definition) is 7. The summed E-state index contributed by atoms with van der Waals surface area (Å²) in [7, 11) is 0. The van der Waals surface area contributed by atoms with Gasteiger partial charge in [-0.15, -0.1) is 0 Å². The molecule has 3 N–H and O–H groups in total. The van der Waals surface area contributed by atoms with Gasteiger partial charge >= 0.3 is 5.69 Å². The lowest BCUT2D eigenvalue weighted by Crippen LogP contribution is -2.44. The van der Waals surface area contributed by atoms with Crippen molar-refractivity contribution in [3.63, 3.8) is 0 Å². The first-order valence-corrected chi connectivity index (χ1v) is 12.0. The molecular formula is C24H21Cl2N7O2. The molecule has 0 saturated carbocycles. The van der Waals surface area contributed by atoms with Crippen molar-refractivity contribution in [2.24, 2.45) is 11.1 Å². The van der Waals surface area contributed by atoms with E-state index in [2.05, 4.69) is 30.9 Å². The highest BCUT2D eigenvalue weighted by molar-refractivity contribution is 6.43. The quantitative estimate of drug-likeness (QED) is 0.425. The maximum absolute atomic E-state index is 13.1. The Balaban J connectivity index is 1.30. The number of piperidine rings is 1. The fraction of sp³-hybridized carbons (Fsp3) is 0.292. The summed E-state index contributed by atoms with van der Waals surface area (Å²) >= 11 is 12.3. The molecule has 3 aromatic heterocycles. The number of pyridine rings is 1. The molecule has 1 aliphatic heterocycles. The third kappa shape index (κ3) is 3.45. The Morgan fingerprint density at radius 1 is 1.09 bits per heavy atom. The zero-order valence-electron chi connectivity index (χ0n) is 18.5. The number of aromatic nitrogens is 5. The summed E-state index contributed by atoms with van der Waals surface area (Å²) < 4.78 is 0.919. The molecule has 1 spiro atoms. The lowest BCUT2D eigenvalue weighted by molar-refractivity contribution is 0.186. The van der Waals surface area contributed by atoms with Crippen molar-refractivity contribution in [1.29, 1.82) is 0 Å². The number of hydrogen-bond donors (Lipinski definition) is 2. The molecule has 0 amide bonds. The number of halogens is 2. The number of nitrogens with two attached hydrogens (primary N) is 1. The average molecular weight is 510 g/mol. The third-order valence-electron chi connectivity index (χ3n) is 7.29. The van der Waals surface area contributed by atoms with Crippen molar-refractivity contribution in [3.05, 3.63) is 84.9 Å². The summed E-state index contributed by atoms with van der Waals surface area (Å²) in [6.45, 7) is 1.47. The van der Waals surface area contributed by atoms with Gasteiger partial charge in [-0.3, -0.25) is 14.8 Å². The fourth-order valence-electron chi connectivity index (χ4n) is 5.34. The smallest absolute Gasteiger partial charge is 0.334 e. The van der Waals surface area contributed by atoms with Crippen molar-refractivity contribution >= 4 is 40.2 Å². The van der Waals surface area contributed by atoms with Crippen LogP contribution in [0.4, 0.5) is 5.82 Å². The Kier molecular flexibility index (Phi) is 5.17. The Morgan fingerprint density at radius 3 is 2.66 bits per heavy atom. The van der Waals surface area contributed by atoms with E-state index in [1.54, 1.807) is 24.4 Å². The Bertz CT molecular complexity index is 1590. The molecule has 9 nitrogen and oxygen atoms in total. The Hall–Kier alpha value is -3.27. The van der Waals surface area contributed by atoms with E-state index in [1.165, 1.54) is 0 Å². The van der Waals surface area contributed by atoms with Crippen molar-refractivity contribution in [1.82, 2.24) is 24.5 Å². The van der Waals surface area contributed by atoms with Crippen LogP contribution in [0, 0.1) is 5.41 Å². The van der Waals surface area contributed by atoms with Crippen LogP contribution in [0.2, 0.25) is 10.0 Å². The number of nitrogens with one attached hydrogen (secondary N) is 1. The van der Waals surface area contributed by atoms with Crippen molar-refractivity contribution in [2.75, 3.05) is 18.0 Å². The van der Waals surface area contributed by atoms with Gasteiger partial charge in [0.05, 0.1) is 21.9 Å². The van der Waals surface area contributed by atoms with Gasteiger partial charge in [0.15, 0.2) is 11.2 Å². The second-order valence-corrected chi connectivity index (χ2v) is 9.90. The third-order valence-corrected chi connectivity index (χ3v) is 8.10. The highest BCUT2D eigenvalue weighted by Gasteiger charge is 2.46. The van der Waals surface area contributed by atoms with Gasteiger partial charge in [0.1, 0.15) is 5.82 Å². The summed E-state index contributed by atoms with van der Waals surface area (Å²) in [6, 6.07) is 8.71. The maximum atomic E-state index is 13.1. The number of nitrogens with zero attached hydrogens (tertiary/aromatic N) is 5. The van der Waals surface area contributed by atoms with Crippen LogP contribution < -0.4 is 21.9 Å². The zero-order chi connectivity index (χ0) is 24.3. The van der Waals surface area contributed by atoms with Crippen LogP contribution in [-0.4, -0.2) is 37.6 Å². The predicted octanol–water partition coefficient (Wildman–Crippen LogP) is 3.01. The minimum Gasteiger partial charge on any atom is -0.355 e. The highest BCUT2D eigenvalue weighted by Crippen LogP contribution is 2.50. The molecule has 0 unspecified atom stereocenters. The first-order valence-electron chi connectivity index (χ1n) is 11.3. The van der Waals surface area contributed by atoms with E-state index in [-0.39, 0.29) is 38.4 Å². The van der Waals surface area contributed by atoms with Crippen LogP contribution in [0.15, 0.2) is 52.3 Å². The van der Waals surface area contributed by atoms with Gasteiger partial charge in [-0.05, 0) is 48.4 Å². The fourth-order valence-corrected chi connectivity index (χ4v) is 5.72. The highest BCUT2D eigenvalue weighted by atomic mass is 35.5. The number of fused-ring (bicyclic) bond motifs is 2. The van der Waals surface area contributed by atoms with Gasteiger partial charge in [-0.2, -0.15) is 0 Å².